The number of nitrogens with one attached hydrogen (secondary N) is 1. The van der Waals surface area contributed by atoms with Gasteiger partial charge in [-0.3, -0.25) is 0 Å². The monoisotopic (exact) mass is 283 g/mol. The largest absolute Gasteiger partial charge is 0.497 e. The van der Waals surface area contributed by atoms with Crippen molar-refractivity contribution in [2.45, 2.75) is 32.2 Å². The molecule has 112 valence electrons. The molecule has 0 aromatic heterocycles. The molecular weight excluding hydrogens is 258 g/mol. The minimum absolute atomic E-state index is 0.517. The highest BCUT2D eigenvalue weighted by Gasteiger charge is 2.02. The van der Waals surface area contributed by atoms with E-state index >= 15 is 0 Å². The van der Waals surface area contributed by atoms with Crippen molar-refractivity contribution in [3.8, 4) is 5.75 Å². The molecule has 0 saturated carbocycles. The van der Waals surface area contributed by atoms with E-state index in [1.165, 1.54) is 11.1 Å². The zero-order valence-electron chi connectivity index (χ0n) is 13.0. The van der Waals surface area contributed by atoms with Crippen LogP contribution in [-0.4, -0.2) is 19.7 Å². The van der Waals surface area contributed by atoms with Crippen LogP contribution in [0.3, 0.4) is 0 Å². The quantitative estimate of drug-likeness (QED) is 0.743. The summed E-state index contributed by atoms with van der Waals surface area (Å²) in [5.41, 5.74) is 2.76. The van der Waals surface area contributed by atoms with Gasteiger partial charge in [-0.15, -0.1) is 0 Å². The van der Waals surface area contributed by atoms with Gasteiger partial charge in [0.2, 0.25) is 0 Å². The summed E-state index contributed by atoms with van der Waals surface area (Å²) in [5.74, 6) is 0.924. The number of aryl methyl sites for hydroxylation is 1. The highest BCUT2D eigenvalue weighted by molar-refractivity contribution is 5.27. The van der Waals surface area contributed by atoms with Crippen LogP contribution in [0.15, 0.2) is 54.6 Å². The molecule has 0 heterocycles. The second-order valence-corrected chi connectivity index (χ2v) is 5.50. The van der Waals surface area contributed by atoms with Crippen molar-refractivity contribution in [1.82, 2.24) is 5.32 Å². The Bertz CT molecular complexity index is 507. The van der Waals surface area contributed by atoms with Crippen LogP contribution in [0.5, 0.6) is 5.75 Å². The fraction of sp³-hybridized carbons (Fsp3) is 0.368. The van der Waals surface area contributed by atoms with Gasteiger partial charge in [0.25, 0.3) is 0 Å². The Morgan fingerprint density at radius 2 is 1.67 bits per heavy atom. The molecule has 2 rings (SSSR count). The van der Waals surface area contributed by atoms with Crippen molar-refractivity contribution >= 4 is 0 Å². The van der Waals surface area contributed by atoms with Crippen LogP contribution in [0.25, 0.3) is 0 Å². The summed E-state index contributed by atoms with van der Waals surface area (Å²) in [4.78, 5) is 0. The second-order valence-electron chi connectivity index (χ2n) is 5.50. The van der Waals surface area contributed by atoms with E-state index in [1.807, 2.05) is 12.1 Å². The van der Waals surface area contributed by atoms with E-state index in [1.54, 1.807) is 7.11 Å². The highest BCUT2D eigenvalue weighted by Crippen LogP contribution is 2.12. The van der Waals surface area contributed by atoms with E-state index in [4.69, 9.17) is 4.74 Å². The number of benzene rings is 2. The number of rotatable bonds is 8. The predicted molar refractivity (Wildman–Crippen MR) is 88.9 cm³/mol. The first kappa shape index (κ1) is 15.6. The molecule has 0 unspecified atom stereocenters. The third-order valence-corrected chi connectivity index (χ3v) is 3.68. The van der Waals surface area contributed by atoms with E-state index in [-0.39, 0.29) is 0 Å². The van der Waals surface area contributed by atoms with Crippen molar-refractivity contribution in [3.05, 3.63) is 65.7 Å². The maximum Gasteiger partial charge on any atom is 0.118 e. The molecule has 21 heavy (non-hydrogen) atoms. The Balaban J connectivity index is 1.64. The van der Waals surface area contributed by atoms with Gasteiger partial charge in [0.05, 0.1) is 7.11 Å². The average Bonchev–Trinajstić information content (AvgIpc) is 2.53. The van der Waals surface area contributed by atoms with E-state index < -0.39 is 0 Å². The molecule has 0 radical (unpaired) electrons. The molecule has 0 aliphatic rings. The summed E-state index contributed by atoms with van der Waals surface area (Å²) in [5, 5.41) is 3.60. The summed E-state index contributed by atoms with van der Waals surface area (Å²) in [6.07, 6.45) is 3.35. The Kier molecular flexibility index (Phi) is 6.29. The van der Waals surface area contributed by atoms with Crippen molar-refractivity contribution in [3.63, 3.8) is 0 Å². The molecule has 0 aliphatic carbocycles. The van der Waals surface area contributed by atoms with Crippen LogP contribution in [0.2, 0.25) is 0 Å². The van der Waals surface area contributed by atoms with Crippen molar-refractivity contribution in [1.29, 1.82) is 0 Å². The standard InChI is InChI=1S/C19H25NO/c1-16(15-18-7-4-3-5-8-18)20-14-6-9-17-10-12-19(21-2)13-11-17/h3-5,7-8,10-13,16,20H,6,9,14-15H2,1-2H3/t16-/m1/s1. The van der Waals surface area contributed by atoms with Gasteiger partial charge < -0.3 is 10.1 Å². The molecule has 0 saturated heterocycles. The maximum atomic E-state index is 5.17. The molecule has 2 aromatic rings. The van der Waals surface area contributed by atoms with Gasteiger partial charge in [-0.1, -0.05) is 42.5 Å². The van der Waals surface area contributed by atoms with Gasteiger partial charge in [-0.2, -0.15) is 0 Å². The smallest absolute Gasteiger partial charge is 0.118 e. The lowest BCUT2D eigenvalue weighted by atomic mass is 10.1. The Labute approximate surface area is 128 Å². The third-order valence-electron chi connectivity index (χ3n) is 3.68. The maximum absolute atomic E-state index is 5.17. The lowest BCUT2D eigenvalue weighted by molar-refractivity contribution is 0.414. The van der Waals surface area contributed by atoms with Crippen molar-refractivity contribution in [2.24, 2.45) is 0 Å². The topological polar surface area (TPSA) is 21.3 Å². The molecule has 0 bridgehead atoms. The average molecular weight is 283 g/mol. The minimum atomic E-state index is 0.517. The minimum Gasteiger partial charge on any atom is -0.497 e. The fourth-order valence-corrected chi connectivity index (χ4v) is 2.47. The molecule has 1 atom stereocenters. The molecule has 0 aliphatic heterocycles. The number of hydrogen-bond donors (Lipinski definition) is 1. The molecule has 0 fully saturated rings. The lowest BCUT2D eigenvalue weighted by Gasteiger charge is -2.14. The van der Waals surface area contributed by atoms with Crippen LogP contribution in [0.1, 0.15) is 24.5 Å². The normalized spacial score (nSPS) is 12.1. The van der Waals surface area contributed by atoms with Gasteiger partial charge in [0, 0.05) is 6.04 Å². The SMILES string of the molecule is COc1ccc(CCCN[C@H](C)Cc2ccccc2)cc1. The van der Waals surface area contributed by atoms with E-state index in [9.17, 15) is 0 Å². The highest BCUT2D eigenvalue weighted by atomic mass is 16.5. The van der Waals surface area contributed by atoms with Gasteiger partial charge in [-0.25, -0.2) is 0 Å². The van der Waals surface area contributed by atoms with Gasteiger partial charge >= 0.3 is 0 Å². The van der Waals surface area contributed by atoms with Crippen LogP contribution < -0.4 is 10.1 Å². The summed E-state index contributed by atoms with van der Waals surface area (Å²) in [6.45, 7) is 3.31. The summed E-state index contributed by atoms with van der Waals surface area (Å²) < 4.78 is 5.17. The molecule has 2 heteroatoms. The second kappa shape index (κ2) is 8.48. The van der Waals surface area contributed by atoms with Crippen molar-refractivity contribution in [2.75, 3.05) is 13.7 Å². The fourth-order valence-electron chi connectivity index (χ4n) is 2.47. The van der Waals surface area contributed by atoms with Crippen LogP contribution in [0, 0.1) is 0 Å². The molecule has 2 aromatic carbocycles. The predicted octanol–water partition coefficient (Wildman–Crippen LogP) is 3.85. The molecule has 0 spiro atoms. The van der Waals surface area contributed by atoms with E-state index in [0.29, 0.717) is 6.04 Å². The Hall–Kier alpha value is -1.80. The zero-order chi connectivity index (χ0) is 14.9. The molecule has 1 N–H and O–H groups in total. The zero-order valence-corrected chi connectivity index (χ0v) is 13.0. The first-order valence-corrected chi connectivity index (χ1v) is 7.68. The third kappa shape index (κ3) is 5.60. The first-order valence-electron chi connectivity index (χ1n) is 7.68. The van der Waals surface area contributed by atoms with Crippen LogP contribution >= 0.6 is 0 Å². The van der Waals surface area contributed by atoms with Gasteiger partial charge in [-0.05, 0) is 56.0 Å². The van der Waals surface area contributed by atoms with Gasteiger partial charge in [0.1, 0.15) is 5.75 Å². The molecular formula is C19H25NO. The number of ether oxygens (including phenoxy) is 1. The summed E-state index contributed by atoms with van der Waals surface area (Å²) in [7, 11) is 1.70. The van der Waals surface area contributed by atoms with E-state index in [2.05, 4.69) is 54.7 Å². The first-order chi connectivity index (χ1) is 10.3. The van der Waals surface area contributed by atoms with Crippen LogP contribution in [-0.2, 0) is 12.8 Å². The Morgan fingerprint density at radius 3 is 2.33 bits per heavy atom. The lowest BCUT2D eigenvalue weighted by Crippen LogP contribution is -2.29. The van der Waals surface area contributed by atoms with E-state index in [0.717, 1.165) is 31.6 Å². The Morgan fingerprint density at radius 1 is 0.952 bits per heavy atom. The summed E-state index contributed by atoms with van der Waals surface area (Å²) in [6, 6.07) is 19.5. The number of methoxy groups -OCH3 is 1. The van der Waals surface area contributed by atoms with Gasteiger partial charge in [0.15, 0.2) is 0 Å². The van der Waals surface area contributed by atoms with Crippen molar-refractivity contribution < 1.29 is 4.74 Å². The number of hydrogen-bond acceptors (Lipinski definition) is 2. The van der Waals surface area contributed by atoms with Crippen LogP contribution in [0.4, 0.5) is 0 Å². The molecule has 0 amide bonds. The summed E-state index contributed by atoms with van der Waals surface area (Å²) >= 11 is 0. The molecule has 2 nitrogen and oxygen atoms in total.